The van der Waals surface area contributed by atoms with Crippen molar-refractivity contribution in [3.63, 3.8) is 0 Å². The highest BCUT2D eigenvalue weighted by Crippen LogP contribution is 2.43. The Morgan fingerprint density at radius 3 is 1.00 bits per heavy atom. The van der Waals surface area contributed by atoms with E-state index in [2.05, 4.69) is 226 Å². The van der Waals surface area contributed by atoms with Gasteiger partial charge in [-0.1, -0.05) is 152 Å². The summed E-state index contributed by atoms with van der Waals surface area (Å²) in [5, 5.41) is 7.46. The van der Waals surface area contributed by atoms with Crippen LogP contribution in [0.1, 0.15) is 0 Å². The molecule has 0 unspecified atom stereocenters. The van der Waals surface area contributed by atoms with Crippen molar-refractivity contribution in [1.82, 2.24) is 13.7 Å². The summed E-state index contributed by atoms with van der Waals surface area (Å²) in [5.41, 5.74) is 15.4. The second-order valence-corrected chi connectivity index (χ2v) is 14.9. The highest BCUT2D eigenvalue weighted by molar-refractivity contribution is 6.14. The molecule has 0 aliphatic carbocycles. The third-order valence-corrected chi connectivity index (χ3v) is 11.8. The van der Waals surface area contributed by atoms with Crippen LogP contribution in [0.4, 0.5) is 0 Å². The summed E-state index contributed by atoms with van der Waals surface area (Å²) in [4.78, 5) is 0. The standard InChI is InChI=1S/C54H35N3/c1-3-16-36(17-4-1)40-24-15-25-41(37-18-5-2-6-19-37)54(40)57-51-29-14-10-23-45(51)47-35-39(31-33-53(47)57)56-50-28-13-9-22-44(50)46-34-38(30-32-52(46)56)55-48-26-11-7-20-42(48)43-21-8-12-27-49(43)55/h1-35H. The lowest BCUT2D eigenvalue weighted by Crippen LogP contribution is -2.01. The van der Waals surface area contributed by atoms with Gasteiger partial charge in [0.15, 0.2) is 0 Å². The minimum absolute atomic E-state index is 1.14. The molecule has 0 aliphatic heterocycles. The molecule has 0 amide bonds. The Hall–Kier alpha value is -7.62. The number of hydrogen-bond acceptors (Lipinski definition) is 0. The topological polar surface area (TPSA) is 14.8 Å². The number of para-hydroxylation sites is 5. The van der Waals surface area contributed by atoms with Crippen molar-refractivity contribution < 1.29 is 0 Å². The first-order valence-electron chi connectivity index (χ1n) is 19.6. The predicted octanol–water partition coefficient (Wildman–Crippen LogP) is 14.3. The van der Waals surface area contributed by atoms with Crippen LogP contribution in [0.2, 0.25) is 0 Å². The van der Waals surface area contributed by atoms with Crippen LogP contribution < -0.4 is 0 Å². The second-order valence-electron chi connectivity index (χ2n) is 14.9. The third kappa shape index (κ3) is 4.73. The molecule has 0 aliphatic rings. The summed E-state index contributed by atoms with van der Waals surface area (Å²) in [5.74, 6) is 0. The van der Waals surface area contributed by atoms with Gasteiger partial charge in [-0.25, -0.2) is 0 Å². The zero-order valence-corrected chi connectivity index (χ0v) is 31.0. The van der Waals surface area contributed by atoms with E-state index in [4.69, 9.17) is 0 Å². The van der Waals surface area contributed by atoms with Gasteiger partial charge in [0.05, 0.1) is 38.8 Å². The molecule has 0 saturated heterocycles. The van der Waals surface area contributed by atoms with E-state index in [0.29, 0.717) is 0 Å². The summed E-state index contributed by atoms with van der Waals surface area (Å²) >= 11 is 0. The zero-order chi connectivity index (χ0) is 37.5. The first kappa shape index (κ1) is 31.7. The molecule has 0 spiro atoms. The predicted molar refractivity (Wildman–Crippen MR) is 240 cm³/mol. The summed E-state index contributed by atoms with van der Waals surface area (Å²) in [7, 11) is 0. The summed E-state index contributed by atoms with van der Waals surface area (Å²) in [6.45, 7) is 0. The first-order valence-corrected chi connectivity index (χ1v) is 19.6. The largest absolute Gasteiger partial charge is 0.309 e. The Bertz CT molecular complexity index is 3400. The minimum Gasteiger partial charge on any atom is -0.309 e. The molecule has 3 heteroatoms. The van der Waals surface area contributed by atoms with Gasteiger partial charge in [0.1, 0.15) is 0 Å². The summed E-state index contributed by atoms with van der Waals surface area (Å²) in [6, 6.07) is 77.4. The van der Waals surface area contributed by atoms with Gasteiger partial charge in [-0.2, -0.15) is 0 Å². The molecule has 9 aromatic carbocycles. The van der Waals surface area contributed by atoms with E-state index in [1.807, 2.05) is 0 Å². The van der Waals surface area contributed by atoms with Gasteiger partial charge < -0.3 is 13.7 Å². The van der Waals surface area contributed by atoms with Crippen LogP contribution >= 0.6 is 0 Å². The fourth-order valence-corrected chi connectivity index (χ4v) is 9.41. The van der Waals surface area contributed by atoms with Gasteiger partial charge in [-0.3, -0.25) is 0 Å². The molecule has 3 aromatic heterocycles. The Balaban J connectivity index is 1.11. The number of fused-ring (bicyclic) bond motifs is 9. The molecular weight excluding hydrogens is 691 g/mol. The van der Waals surface area contributed by atoms with Gasteiger partial charge in [0.2, 0.25) is 0 Å². The first-order chi connectivity index (χ1) is 28.3. The highest BCUT2D eigenvalue weighted by Gasteiger charge is 2.21. The fourth-order valence-electron chi connectivity index (χ4n) is 9.41. The molecule has 266 valence electrons. The molecule has 0 fully saturated rings. The monoisotopic (exact) mass is 725 g/mol. The number of hydrogen-bond donors (Lipinski definition) is 0. The van der Waals surface area contributed by atoms with Crippen LogP contribution in [-0.2, 0) is 0 Å². The van der Waals surface area contributed by atoms with Crippen molar-refractivity contribution in [1.29, 1.82) is 0 Å². The fraction of sp³-hybridized carbons (Fsp3) is 0. The molecule has 12 aromatic rings. The maximum atomic E-state index is 2.49. The van der Waals surface area contributed by atoms with Crippen LogP contribution in [0.25, 0.3) is 105 Å². The van der Waals surface area contributed by atoms with Crippen molar-refractivity contribution in [3.8, 4) is 39.3 Å². The maximum absolute atomic E-state index is 2.49. The Morgan fingerprint density at radius 2 is 0.561 bits per heavy atom. The van der Waals surface area contributed by atoms with Gasteiger partial charge in [0.25, 0.3) is 0 Å². The SMILES string of the molecule is c1ccc(-c2cccc(-c3ccccc3)c2-n2c3ccccc3c3cc(-n4c5ccccc5c5cc(-n6c7ccccc7c7ccccc76)ccc54)ccc32)cc1. The molecule has 0 saturated carbocycles. The molecule has 0 bridgehead atoms. The Kier molecular flexibility index (Phi) is 6.93. The minimum atomic E-state index is 1.14. The number of nitrogens with zero attached hydrogens (tertiary/aromatic N) is 3. The molecule has 0 N–H and O–H groups in total. The quantitative estimate of drug-likeness (QED) is 0.168. The van der Waals surface area contributed by atoms with Crippen LogP contribution in [0, 0.1) is 0 Å². The van der Waals surface area contributed by atoms with Crippen molar-refractivity contribution in [2.75, 3.05) is 0 Å². The van der Waals surface area contributed by atoms with E-state index < -0.39 is 0 Å². The van der Waals surface area contributed by atoms with Crippen LogP contribution in [0.15, 0.2) is 212 Å². The maximum Gasteiger partial charge on any atom is 0.0618 e. The van der Waals surface area contributed by atoms with Crippen molar-refractivity contribution in [2.45, 2.75) is 0 Å². The van der Waals surface area contributed by atoms with Crippen molar-refractivity contribution in [2.24, 2.45) is 0 Å². The Labute approximate surface area is 329 Å². The molecule has 0 radical (unpaired) electrons. The molecule has 3 heterocycles. The van der Waals surface area contributed by atoms with E-state index in [-0.39, 0.29) is 0 Å². The van der Waals surface area contributed by atoms with Gasteiger partial charge >= 0.3 is 0 Å². The lowest BCUT2D eigenvalue weighted by atomic mass is 9.95. The third-order valence-electron chi connectivity index (χ3n) is 11.8. The highest BCUT2D eigenvalue weighted by atomic mass is 15.0. The lowest BCUT2D eigenvalue weighted by molar-refractivity contribution is 1.16. The lowest BCUT2D eigenvalue weighted by Gasteiger charge is -2.19. The van der Waals surface area contributed by atoms with E-state index in [9.17, 15) is 0 Å². The van der Waals surface area contributed by atoms with Gasteiger partial charge in [0, 0.05) is 54.8 Å². The molecular formula is C54H35N3. The van der Waals surface area contributed by atoms with Gasteiger partial charge in [-0.15, -0.1) is 0 Å². The molecule has 0 atom stereocenters. The number of benzene rings is 9. The van der Waals surface area contributed by atoms with Crippen molar-refractivity contribution >= 4 is 65.4 Å². The van der Waals surface area contributed by atoms with E-state index in [1.165, 1.54) is 93.4 Å². The van der Waals surface area contributed by atoms with Crippen LogP contribution in [0.5, 0.6) is 0 Å². The average Bonchev–Trinajstić information content (AvgIpc) is 3.92. The number of rotatable bonds is 5. The number of aromatic nitrogens is 3. The van der Waals surface area contributed by atoms with Crippen molar-refractivity contribution in [3.05, 3.63) is 212 Å². The van der Waals surface area contributed by atoms with Crippen LogP contribution in [0.3, 0.4) is 0 Å². The summed E-state index contributed by atoms with van der Waals surface area (Å²) in [6.07, 6.45) is 0. The molecule has 57 heavy (non-hydrogen) atoms. The molecule has 12 rings (SSSR count). The average molecular weight is 726 g/mol. The van der Waals surface area contributed by atoms with Gasteiger partial charge in [-0.05, 0) is 71.8 Å². The second kappa shape index (κ2) is 12.5. The normalized spacial score (nSPS) is 11.9. The van der Waals surface area contributed by atoms with Crippen LogP contribution in [-0.4, -0.2) is 13.7 Å². The van der Waals surface area contributed by atoms with E-state index in [1.54, 1.807) is 0 Å². The smallest absolute Gasteiger partial charge is 0.0618 e. The Morgan fingerprint density at radius 1 is 0.228 bits per heavy atom. The zero-order valence-electron chi connectivity index (χ0n) is 31.0. The molecule has 3 nitrogen and oxygen atoms in total. The van der Waals surface area contributed by atoms with E-state index in [0.717, 1.165) is 11.4 Å². The van der Waals surface area contributed by atoms with E-state index >= 15 is 0 Å². The summed E-state index contributed by atoms with van der Waals surface area (Å²) < 4.78 is 7.34.